The fraction of sp³-hybridized carbons (Fsp3) is 0.650. The van der Waals surface area contributed by atoms with Crippen LogP contribution in [0, 0.1) is 0 Å². The molecule has 2 rings (SSSR count). The second-order valence-corrected chi connectivity index (χ2v) is 7.28. The molecule has 146 valence electrons. The van der Waals surface area contributed by atoms with Gasteiger partial charge in [-0.05, 0) is 44.5 Å². The summed E-state index contributed by atoms with van der Waals surface area (Å²) >= 11 is 6.05. The van der Waals surface area contributed by atoms with Gasteiger partial charge in [0, 0.05) is 50.3 Å². The Hall–Kier alpha value is -1.30. The molecule has 1 atom stereocenters. The molecule has 0 aromatic heterocycles. The first-order chi connectivity index (χ1) is 12.6. The number of likely N-dealkylation sites (N-methyl/N-ethyl adjacent to an activating group) is 1. The molecule has 1 aromatic rings. The minimum Gasteiger partial charge on any atom is -0.357 e. The van der Waals surface area contributed by atoms with Crippen molar-refractivity contribution >= 4 is 17.6 Å². The molecular formula is C20H34ClN5. The van der Waals surface area contributed by atoms with Gasteiger partial charge in [0.2, 0.25) is 0 Å². The summed E-state index contributed by atoms with van der Waals surface area (Å²) < 4.78 is 0. The minimum atomic E-state index is 0.470. The Balaban J connectivity index is 1.78. The maximum atomic E-state index is 6.05. The van der Waals surface area contributed by atoms with Gasteiger partial charge in [-0.3, -0.25) is 9.89 Å². The Morgan fingerprint density at radius 3 is 2.62 bits per heavy atom. The summed E-state index contributed by atoms with van der Waals surface area (Å²) in [7, 11) is 0. The van der Waals surface area contributed by atoms with E-state index < -0.39 is 0 Å². The average Bonchev–Trinajstić information content (AvgIpc) is 2.66. The second-order valence-electron chi connectivity index (χ2n) is 6.85. The molecule has 0 spiro atoms. The first-order valence-corrected chi connectivity index (χ1v) is 10.2. The van der Waals surface area contributed by atoms with Gasteiger partial charge in [0.05, 0.1) is 6.54 Å². The number of nitrogens with zero attached hydrogens (tertiary/aromatic N) is 3. The molecule has 26 heavy (non-hydrogen) atoms. The quantitative estimate of drug-likeness (QED) is 0.538. The maximum absolute atomic E-state index is 6.05. The molecule has 1 heterocycles. The standard InChI is InChI=1S/C20H34ClN5/c1-4-22-20(23-10-9-18-7-6-8-19(21)15-18)24-16-17(3)26-13-11-25(5-2)12-14-26/h6-8,15,17H,4-5,9-14,16H2,1-3H3,(H2,22,23,24). The SMILES string of the molecule is CCNC(=NCC(C)N1CCN(CC)CC1)NCCc1cccc(Cl)c1. The van der Waals surface area contributed by atoms with Crippen molar-refractivity contribution in [3.05, 3.63) is 34.9 Å². The lowest BCUT2D eigenvalue weighted by atomic mass is 10.1. The Bertz CT molecular complexity index is 555. The smallest absolute Gasteiger partial charge is 0.191 e. The van der Waals surface area contributed by atoms with Crippen LogP contribution in [-0.4, -0.2) is 74.2 Å². The van der Waals surface area contributed by atoms with E-state index in [1.54, 1.807) is 0 Å². The molecule has 0 amide bonds. The Morgan fingerprint density at radius 1 is 1.19 bits per heavy atom. The lowest BCUT2D eigenvalue weighted by Crippen LogP contribution is -2.50. The molecule has 5 nitrogen and oxygen atoms in total. The van der Waals surface area contributed by atoms with Gasteiger partial charge in [0.15, 0.2) is 5.96 Å². The fourth-order valence-corrected chi connectivity index (χ4v) is 3.43. The van der Waals surface area contributed by atoms with Crippen LogP contribution in [-0.2, 0) is 6.42 Å². The van der Waals surface area contributed by atoms with Gasteiger partial charge in [0.25, 0.3) is 0 Å². The van der Waals surface area contributed by atoms with Crippen molar-refractivity contribution in [3.8, 4) is 0 Å². The zero-order valence-electron chi connectivity index (χ0n) is 16.5. The number of nitrogens with one attached hydrogen (secondary N) is 2. The molecule has 2 N–H and O–H groups in total. The third-order valence-corrected chi connectivity index (χ3v) is 5.17. The van der Waals surface area contributed by atoms with E-state index in [2.05, 4.69) is 47.3 Å². The van der Waals surface area contributed by atoms with Crippen LogP contribution in [0.4, 0.5) is 0 Å². The van der Waals surface area contributed by atoms with Crippen molar-refractivity contribution in [1.29, 1.82) is 0 Å². The Kier molecular flexibility index (Phi) is 9.23. The molecule has 0 radical (unpaired) electrons. The van der Waals surface area contributed by atoms with E-state index >= 15 is 0 Å². The molecule has 1 unspecified atom stereocenters. The van der Waals surface area contributed by atoms with Gasteiger partial charge in [0.1, 0.15) is 0 Å². The van der Waals surface area contributed by atoms with E-state index in [-0.39, 0.29) is 0 Å². The highest BCUT2D eigenvalue weighted by Gasteiger charge is 2.19. The van der Waals surface area contributed by atoms with Gasteiger partial charge < -0.3 is 15.5 Å². The molecule has 1 aromatic carbocycles. The normalized spacial score (nSPS) is 17.9. The van der Waals surface area contributed by atoms with Crippen LogP contribution in [0.2, 0.25) is 5.02 Å². The summed E-state index contributed by atoms with van der Waals surface area (Å²) in [5.41, 5.74) is 1.24. The van der Waals surface area contributed by atoms with Crippen molar-refractivity contribution in [3.63, 3.8) is 0 Å². The second kappa shape index (κ2) is 11.4. The van der Waals surface area contributed by atoms with E-state index in [0.29, 0.717) is 6.04 Å². The average molecular weight is 380 g/mol. The number of guanidine groups is 1. The van der Waals surface area contributed by atoms with Crippen molar-refractivity contribution < 1.29 is 0 Å². The predicted octanol–water partition coefficient (Wildman–Crippen LogP) is 2.46. The van der Waals surface area contributed by atoms with Gasteiger partial charge in [-0.2, -0.15) is 0 Å². The van der Waals surface area contributed by atoms with Crippen LogP contribution in [0.5, 0.6) is 0 Å². The van der Waals surface area contributed by atoms with Crippen LogP contribution in [0.15, 0.2) is 29.3 Å². The van der Waals surface area contributed by atoms with E-state index in [1.807, 2.05) is 18.2 Å². The molecule has 0 aliphatic carbocycles. The van der Waals surface area contributed by atoms with Gasteiger partial charge in [-0.1, -0.05) is 30.7 Å². The Labute approximate surface area is 163 Å². The maximum Gasteiger partial charge on any atom is 0.191 e. The van der Waals surface area contributed by atoms with Crippen LogP contribution in [0.25, 0.3) is 0 Å². The van der Waals surface area contributed by atoms with Crippen LogP contribution in [0.3, 0.4) is 0 Å². The first kappa shape index (κ1) is 21.0. The number of hydrogen-bond donors (Lipinski definition) is 2. The summed E-state index contributed by atoms with van der Waals surface area (Å²) in [5.74, 6) is 0.897. The molecule has 1 fully saturated rings. The van der Waals surface area contributed by atoms with Crippen LogP contribution in [0.1, 0.15) is 26.3 Å². The molecule has 6 heteroatoms. The van der Waals surface area contributed by atoms with E-state index in [0.717, 1.165) is 56.7 Å². The van der Waals surface area contributed by atoms with Gasteiger partial charge in [-0.15, -0.1) is 0 Å². The summed E-state index contributed by atoms with van der Waals surface area (Å²) in [6.07, 6.45) is 0.930. The lowest BCUT2D eigenvalue weighted by Gasteiger charge is -2.37. The zero-order chi connectivity index (χ0) is 18.8. The number of rotatable bonds is 8. The highest BCUT2D eigenvalue weighted by atomic mass is 35.5. The number of piperazine rings is 1. The summed E-state index contributed by atoms with van der Waals surface area (Å²) in [4.78, 5) is 9.84. The van der Waals surface area contributed by atoms with Gasteiger partial charge >= 0.3 is 0 Å². The van der Waals surface area contributed by atoms with Crippen molar-refractivity contribution in [2.24, 2.45) is 4.99 Å². The van der Waals surface area contributed by atoms with Gasteiger partial charge in [-0.25, -0.2) is 0 Å². The monoisotopic (exact) mass is 379 g/mol. The minimum absolute atomic E-state index is 0.470. The summed E-state index contributed by atoms with van der Waals surface area (Å²) in [6.45, 7) is 14.9. The fourth-order valence-electron chi connectivity index (χ4n) is 3.22. The number of benzene rings is 1. The molecule has 0 bridgehead atoms. The zero-order valence-corrected chi connectivity index (χ0v) is 17.2. The lowest BCUT2D eigenvalue weighted by molar-refractivity contribution is 0.109. The van der Waals surface area contributed by atoms with E-state index in [9.17, 15) is 0 Å². The third kappa shape index (κ3) is 7.14. The van der Waals surface area contributed by atoms with Crippen molar-refractivity contribution in [2.75, 3.05) is 52.4 Å². The summed E-state index contributed by atoms with van der Waals surface area (Å²) in [6, 6.07) is 8.50. The van der Waals surface area contributed by atoms with E-state index in [1.165, 1.54) is 18.7 Å². The highest BCUT2D eigenvalue weighted by Crippen LogP contribution is 2.10. The summed E-state index contributed by atoms with van der Waals surface area (Å²) in [5, 5.41) is 7.56. The molecular weight excluding hydrogens is 346 g/mol. The molecule has 1 saturated heterocycles. The molecule has 0 saturated carbocycles. The Morgan fingerprint density at radius 2 is 1.96 bits per heavy atom. The third-order valence-electron chi connectivity index (χ3n) is 4.93. The predicted molar refractivity (Wildman–Crippen MR) is 112 cm³/mol. The van der Waals surface area contributed by atoms with Crippen LogP contribution < -0.4 is 10.6 Å². The van der Waals surface area contributed by atoms with E-state index in [4.69, 9.17) is 16.6 Å². The molecule has 1 aliphatic heterocycles. The highest BCUT2D eigenvalue weighted by molar-refractivity contribution is 6.30. The number of hydrogen-bond acceptors (Lipinski definition) is 3. The van der Waals surface area contributed by atoms with Crippen LogP contribution >= 0.6 is 11.6 Å². The van der Waals surface area contributed by atoms with Crippen molar-refractivity contribution in [1.82, 2.24) is 20.4 Å². The largest absolute Gasteiger partial charge is 0.357 e. The van der Waals surface area contributed by atoms with Crippen molar-refractivity contribution in [2.45, 2.75) is 33.2 Å². The molecule has 1 aliphatic rings. The topological polar surface area (TPSA) is 42.9 Å². The first-order valence-electron chi connectivity index (χ1n) is 9.85. The number of aliphatic imine (C=N–C) groups is 1. The number of halogens is 1.